The zero-order valence-electron chi connectivity index (χ0n) is 14.1. The second kappa shape index (κ2) is 7.41. The van der Waals surface area contributed by atoms with Crippen LogP contribution < -0.4 is 5.32 Å². The molecule has 1 aromatic rings. The number of hydrogen-bond donors (Lipinski definition) is 1. The van der Waals surface area contributed by atoms with Crippen molar-refractivity contribution in [3.05, 3.63) is 29.6 Å². The quantitative estimate of drug-likeness (QED) is 0.873. The van der Waals surface area contributed by atoms with Gasteiger partial charge in [0, 0.05) is 38.6 Å². The molecule has 1 aromatic heterocycles. The van der Waals surface area contributed by atoms with Crippen molar-refractivity contribution in [1.82, 2.24) is 20.1 Å². The Balaban J connectivity index is 2.48. The monoisotopic (exact) mass is 292 g/mol. The Kier molecular flexibility index (Phi) is 6.15. The topological polar surface area (TPSA) is 48.5 Å². The van der Waals surface area contributed by atoms with Gasteiger partial charge in [0.05, 0.1) is 0 Å². The van der Waals surface area contributed by atoms with Crippen molar-refractivity contribution in [2.45, 2.75) is 27.3 Å². The Morgan fingerprint density at radius 2 is 2.00 bits per heavy atom. The number of pyridine rings is 1. The van der Waals surface area contributed by atoms with Crippen molar-refractivity contribution in [3.63, 3.8) is 0 Å². The van der Waals surface area contributed by atoms with E-state index in [1.54, 1.807) is 11.1 Å². The fourth-order valence-electron chi connectivity index (χ4n) is 2.41. The predicted molar refractivity (Wildman–Crippen MR) is 86.2 cm³/mol. The average Bonchev–Trinajstić information content (AvgIpc) is 2.34. The van der Waals surface area contributed by atoms with Crippen LogP contribution in [0.1, 0.15) is 25.1 Å². The third kappa shape index (κ3) is 6.58. The van der Waals surface area contributed by atoms with Crippen LogP contribution in [0.2, 0.25) is 0 Å². The predicted octanol–water partition coefficient (Wildman–Crippen LogP) is 2.12. The summed E-state index contributed by atoms with van der Waals surface area (Å²) < 4.78 is 0. The summed E-state index contributed by atoms with van der Waals surface area (Å²) in [6.07, 6.45) is 1.77. The summed E-state index contributed by atoms with van der Waals surface area (Å²) in [5.41, 5.74) is 2.11. The molecule has 118 valence electrons. The highest BCUT2D eigenvalue weighted by Gasteiger charge is 2.20. The first-order valence-electron chi connectivity index (χ1n) is 7.25. The van der Waals surface area contributed by atoms with Crippen molar-refractivity contribution in [3.8, 4) is 0 Å². The van der Waals surface area contributed by atoms with Crippen LogP contribution in [0.5, 0.6) is 0 Å². The highest BCUT2D eigenvalue weighted by atomic mass is 16.2. The first kappa shape index (κ1) is 17.4. The van der Waals surface area contributed by atoms with Gasteiger partial charge in [-0.05, 0) is 44.1 Å². The first-order valence-corrected chi connectivity index (χ1v) is 7.25. The molecule has 0 atom stereocenters. The van der Waals surface area contributed by atoms with Crippen LogP contribution in [0.15, 0.2) is 18.3 Å². The summed E-state index contributed by atoms with van der Waals surface area (Å²) in [7, 11) is 5.90. The van der Waals surface area contributed by atoms with Crippen molar-refractivity contribution < 1.29 is 4.79 Å². The van der Waals surface area contributed by atoms with E-state index in [2.05, 4.69) is 29.0 Å². The minimum absolute atomic E-state index is 0.0451. The fraction of sp³-hybridized carbons (Fsp3) is 0.625. The number of carbonyl (C=O) groups excluding carboxylic acids is 1. The van der Waals surface area contributed by atoms with Gasteiger partial charge in [-0.1, -0.05) is 13.8 Å². The van der Waals surface area contributed by atoms with Gasteiger partial charge in [0.1, 0.15) is 0 Å². The van der Waals surface area contributed by atoms with Gasteiger partial charge in [-0.2, -0.15) is 0 Å². The number of carbonyl (C=O) groups is 1. The zero-order chi connectivity index (χ0) is 16.0. The van der Waals surface area contributed by atoms with Crippen LogP contribution in [0, 0.1) is 12.3 Å². The first-order chi connectivity index (χ1) is 9.69. The summed E-state index contributed by atoms with van der Waals surface area (Å²) in [6.45, 7) is 8.43. The Bertz CT molecular complexity index is 471. The number of rotatable bonds is 6. The molecule has 0 aromatic carbocycles. The molecule has 0 spiro atoms. The Labute approximate surface area is 128 Å². The molecule has 2 amide bonds. The molecular weight excluding hydrogens is 264 g/mol. The lowest BCUT2D eigenvalue weighted by atomic mass is 9.93. The number of aryl methyl sites for hydroxylation is 1. The lowest BCUT2D eigenvalue weighted by molar-refractivity contribution is 0.191. The van der Waals surface area contributed by atoms with Crippen LogP contribution in [-0.4, -0.2) is 55.0 Å². The number of amides is 2. The highest BCUT2D eigenvalue weighted by Crippen LogP contribution is 2.14. The molecule has 0 saturated carbocycles. The summed E-state index contributed by atoms with van der Waals surface area (Å²) in [6, 6.07) is 3.89. The molecule has 5 heteroatoms. The second-order valence-corrected chi connectivity index (χ2v) is 6.72. The summed E-state index contributed by atoms with van der Waals surface area (Å²) in [5, 5.41) is 3.01. The SMILES string of the molecule is Cc1cc(CN(C)C(=O)NCC(C)(C)CN(C)C)ccn1. The molecule has 0 aliphatic heterocycles. The third-order valence-electron chi connectivity index (χ3n) is 3.19. The van der Waals surface area contributed by atoms with Gasteiger partial charge in [0.2, 0.25) is 0 Å². The Morgan fingerprint density at radius 3 is 2.57 bits per heavy atom. The van der Waals surface area contributed by atoms with Gasteiger partial charge >= 0.3 is 6.03 Å². The molecule has 1 rings (SSSR count). The molecule has 21 heavy (non-hydrogen) atoms. The van der Waals surface area contributed by atoms with E-state index < -0.39 is 0 Å². The molecule has 0 aliphatic carbocycles. The van der Waals surface area contributed by atoms with Crippen molar-refractivity contribution in [1.29, 1.82) is 0 Å². The molecule has 0 aliphatic rings. The Hall–Kier alpha value is -1.62. The fourth-order valence-corrected chi connectivity index (χ4v) is 2.41. The van der Waals surface area contributed by atoms with Gasteiger partial charge in [0.15, 0.2) is 0 Å². The van der Waals surface area contributed by atoms with Gasteiger partial charge in [-0.25, -0.2) is 4.79 Å². The van der Waals surface area contributed by atoms with E-state index in [1.807, 2.05) is 40.2 Å². The summed E-state index contributed by atoms with van der Waals surface area (Å²) >= 11 is 0. The van der Waals surface area contributed by atoms with E-state index in [0.717, 1.165) is 17.8 Å². The normalized spacial score (nSPS) is 11.6. The van der Waals surface area contributed by atoms with E-state index in [4.69, 9.17) is 0 Å². The molecule has 5 nitrogen and oxygen atoms in total. The van der Waals surface area contributed by atoms with Crippen molar-refractivity contribution in [2.24, 2.45) is 5.41 Å². The number of nitrogens with zero attached hydrogens (tertiary/aromatic N) is 3. The molecule has 1 N–H and O–H groups in total. The van der Waals surface area contributed by atoms with E-state index in [-0.39, 0.29) is 11.4 Å². The molecule has 0 saturated heterocycles. The lowest BCUT2D eigenvalue weighted by Gasteiger charge is -2.29. The van der Waals surface area contributed by atoms with Crippen LogP contribution in [-0.2, 0) is 6.54 Å². The van der Waals surface area contributed by atoms with E-state index in [1.165, 1.54) is 0 Å². The maximum absolute atomic E-state index is 12.2. The van der Waals surface area contributed by atoms with Crippen LogP contribution >= 0.6 is 0 Å². The smallest absolute Gasteiger partial charge is 0.317 e. The third-order valence-corrected chi connectivity index (χ3v) is 3.19. The number of hydrogen-bond acceptors (Lipinski definition) is 3. The molecule has 0 bridgehead atoms. The van der Waals surface area contributed by atoms with E-state index >= 15 is 0 Å². The zero-order valence-corrected chi connectivity index (χ0v) is 14.1. The summed E-state index contributed by atoms with van der Waals surface area (Å²) in [4.78, 5) is 20.1. The largest absolute Gasteiger partial charge is 0.337 e. The lowest BCUT2D eigenvalue weighted by Crippen LogP contribution is -2.44. The number of nitrogens with one attached hydrogen (secondary N) is 1. The maximum Gasteiger partial charge on any atom is 0.317 e. The van der Waals surface area contributed by atoms with Gasteiger partial charge in [-0.3, -0.25) is 4.98 Å². The molecule has 0 radical (unpaired) electrons. The molecule has 0 fully saturated rings. The molecular formula is C16H28N4O. The molecule has 1 heterocycles. The minimum Gasteiger partial charge on any atom is -0.337 e. The van der Waals surface area contributed by atoms with Crippen LogP contribution in [0.3, 0.4) is 0 Å². The molecule has 0 unspecified atom stereocenters. The average molecular weight is 292 g/mol. The number of aromatic nitrogens is 1. The van der Waals surface area contributed by atoms with Crippen LogP contribution in [0.4, 0.5) is 4.79 Å². The summed E-state index contributed by atoms with van der Waals surface area (Å²) in [5.74, 6) is 0. The van der Waals surface area contributed by atoms with Crippen LogP contribution in [0.25, 0.3) is 0 Å². The van der Waals surface area contributed by atoms with Gasteiger partial charge in [-0.15, -0.1) is 0 Å². The maximum atomic E-state index is 12.2. The standard InChI is InChI=1S/C16H28N4O/c1-13-9-14(7-8-17-13)10-20(6)15(21)18-11-16(2,3)12-19(4)5/h7-9H,10-12H2,1-6H3,(H,18,21). The minimum atomic E-state index is -0.0451. The van der Waals surface area contributed by atoms with Crippen molar-refractivity contribution >= 4 is 6.03 Å². The second-order valence-electron chi connectivity index (χ2n) is 6.72. The van der Waals surface area contributed by atoms with E-state index in [0.29, 0.717) is 13.1 Å². The van der Waals surface area contributed by atoms with Crippen molar-refractivity contribution in [2.75, 3.05) is 34.2 Å². The van der Waals surface area contributed by atoms with E-state index in [9.17, 15) is 4.79 Å². The van der Waals surface area contributed by atoms with Gasteiger partial charge < -0.3 is 15.1 Å². The van der Waals surface area contributed by atoms with Gasteiger partial charge in [0.25, 0.3) is 0 Å². The highest BCUT2D eigenvalue weighted by molar-refractivity contribution is 5.73. The number of urea groups is 1. The Morgan fingerprint density at radius 1 is 1.33 bits per heavy atom.